The average molecular weight is 328 g/mol. The summed E-state index contributed by atoms with van der Waals surface area (Å²) in [6.07, 6.45) is 0. The maximum atomic E-state index is 13.7. The van der Waals surface area contributed by atoms with Gasteiger partial charge in [0.05, 0.1) is 23.7 Å². The van der Waals surface area contributed by atoms with Gasteiger partial charge in [0.15, 0.2) is 6.61 Å². The number of rotatable bonds is 4. The van der Waals surface area contributed by atoms with Gasteiger partial charge in [-0.3, -0.25) is 0 Å². The van der Waals surface area contributed by atoms with E-state index in [2.05, 4.69) is 4.74 Å². The summed E-state index contributed by atoms with van der Waals surface area (Å²) in [4.78, 5) is 11.4. The molecule has 0 saturated carbocycles. The van der Waals surface area contributed by atoms with Gasteiger partial charge in [-0.25, -0.2) is 17.6 Å². The summed E-state index contributed by atoms with van der Waals surface area (Å²) in [7, 11) is -3.84. The highest BCUT2D eigenvalue weighted by molar-refractivity contribution is 7.89. The Balaban J connectivity index is 2.32. The fourth-order valence-electron chi connectivity index (χ4n) is 1.93. The first-order valence-corrected chi connectivity index (χ1v) is 7.82. The molecule has 118 valence electrons. The van der Waals surface area contributed by atoms with Crippen molar-refractivity contribution in [2.45, 2.75) is 4.90 Å². The molecule has 2 rings (SSSR count). The molecule has 1 aliphatic heterocycles. The number of carbonyl (C=O) groups excluding carboxylic acids is 1. The third-order valence-electron chi connectivity index (χ3n) is 3.03. The zero-order valence-electron chi connectivity index (χ0n) is 11.5. The third-order valence-corrected chi connectivity index (χ3v) is 4.93. The second kappa shape index (κ2) is 6.83. The molecule has 0 radical (unpaired) electrons. The van der Waals surface area contributed by atoms with E-state index in [-0.39, 0.29) is 31.2 Å². The van der Waals surface area contributed by atoms with Crippen molar-refractivity contribution in [1.82, 2.24) is 4.31 Å². The number of sulfonamides is 1. The number of hydrogen-bond acceptors (Lipinski definition) is 6. The molecule has 0 aliphatic carbocycles. The number of nitrogens with zero attached hydrogens (tertiary/aromatic N) is 2. The van der Waals surface area contributed by atoms with Crippen LogP contribution < -0.4 is 0 Å². The van der Waals surface area contributed by atoms with E-state index in [0.717, 1.165) is 18.2 Å². The molecule has 1 heterocycles. The molecule has 0 aromatic heterocycles. The second-order valence-electron chi connectivity index (χ2n) is 4.39. The van der Waals surface area contributed by atoms with Gasteiger partial charge in [0, 0.05) is 13.1 Å². The van der Waals surface area contributed by atoms with Crippen LogP contribution in [0.25, 0.3) is 0 Å². The highest BCUT2D eigenvalue weighted by atomic mass is 32.2. The van der Waals surface area contributed by atoms with E-state index in [4.69, 9.17) is 10.00 Å². The second-order valence-corrected chi connectivity index (χ2v) is 6.33. The largest absolute Gasteiger partial charge is 0.447 e. The van der Waals surface area contributed by atoms with Crippen molar-refractivity contribution in [3.63, 3.8) is 0 Å². The Labute approximate surface area is 126 Å². The molecule has 0 unspecified atom stereocenters. The molecule has 0 amide bonds. The molecular weight excluding hydrogens is 315 g/mol. The minimum Gasteiger partial charge on any atom is -0.447 e. The Morgan fingerprint density at radius 3 is 2.73 bits per heavy atom. The molecule has 9 heteroatoms. The number of halogens is 1. The monoisotopic (exact) mass is 328 g/mol. The molecular formula is C13H13FN2O5S. The van der Waals surface area contributed by atoms with Crippen molar-refractivity contribution in [2.75, 3.05) is 32.9 Å². The third kappa shape index (κ3) is 3.41. The Hall–Kier alpha value is -2.02. The molecule has 1 aromatic rings. The van der Waals surface area contributed by atoms with E-state index in [1.54, 1.807) is 6.07 Å². The van der Waals surface area contributed by atoms with Crippen molar-refractivity contribution in [3.05, 3.63) is 29.6 Å². The van der Waals surface area contributed by atoms with Crippen molar-refractivity contribution in [2.24, 2.45) is 0 Å². The lowest BCUT2D eigenvalue weighted by molar-refractivity contribution is 0.0549. The van der Waals surface area contributed by atoms with Crippen LogP contribution in [0.4, 0.5) is 4.39 Å². The summed E-state index contributed by atoms with van der Waals surface area (Å²) in [5.74, 6) is -2.00. The maximum Gasteiger partial charge on any atom is 0.342 e. The predicted molar refractivity (Wildman–Crippen MR) is 71.9 cm³/mol. The molecule has 22 heavy (non-hydrogen) atoms. The molecule has 1 aromatic carbocycles. The lowest BCUT2D eigenvalue weighted by atomic mass is 10.2. The maximum absolute atomic E-state index is 13.7. The van der Waals surface area contributed by atoms with E-state index in [1.165, 1.54) is 4.31 Å². The number of hydrogen-bond donors (Lipinski definition) is 0. The Kier molecular flexibility index (Phi) is 5.07. The first-order valence-electron chi connectivity index (χ1n) is 6.38. The number of esters is 1. The fraction of sp³-hybridized carbons (Fsp3) is 0.385. The Morgan fingerprint density at radius 1 is 1.41 bits per heavy atom. The van der Waals surface area contributed by atoms with Crippen LogP contribution in [0.5, 0.6) is 0 Å². The molecule has 0 N–H and O–H groups in total. The standard InChI is InChI=1S/C13H13FN2O5S/c14-12-2-1-10(9-11(12)13(17)21-6-3-15)22(18,19)16-4-7-20-8-5-16/h1-2,9H,4-8H2. The number of benzene rings is 1. The summed E-state index contributed by atoms with van der Waals surface area (Å²) in [5.41, 5.74) is -0.524. The van der Waals surface area contributed by atoms with Crippen LogP contribution in [-0.4, -0.2) is 51.6 Å². The van der Waals surface area contributed by atoms with Gasteiger partial charge in [-0.2, -0.15) is 9.57 Å². The van der Waals surface area contributed by atoms with Crippen molar-refractivity contribution in [3.8, 4) is 6.07 Å². The number of carbonyl (C=O) groups is 1. The van der Waals surface area contributed by atoms with E-state index in [9.17, 15) is 17.6 Å². The van der Waals surface area contributed by atoms with Crippen LogP contribution in [0.1, 0.15) is 10.4 Å². The van der Waals surface area contributed by atoms with Crippen molar-refractivity contribution < 1.29 is 27.1 Å². The van der Waals surface area contributed by atoms with Gasteiger partial charge in [0.2, 0.25) is 10.0 Å². The first kappa shape index (κ1) is 16.4. The summed E-state index contributed by atoms with van der Waals surface area (Å²) in [6, 6.07) is 4.46. The van der Waals surface area contributed by atoms with E-state index < -0.39 is 34.0 Å². The van der Waals surface area contributed by atoms with E-state index in [0.29, 0.717) is 0 Å². The highest BCUT2D eigenvalue weighted by Crippen LogP contribution is 2.20. The predicted octanol–water partition coefficient (Wildman–Crippen LogP) is 0.527. The molecule has 1 saturated heterocycles. The minimum absolute atomic E-state index is 0.188. The molecule has 0 atom stereocenters. The molecule has 7 nitrogen and oxygen atoms in total. The van der Waals surface area contributed by atoms with Crippen LogP contribution >= 0.6 is 0 Å². The number of morpholine rings is 1. The molecule has 0 spiro atoms. The van der Waals surface area contributed by atoms with Crippen LogP contribution in [0.3, 0.4) is 0 Å². The topological polar surface area (TPSA) is 96.7 Å². The van der Waals surface area contributed by atoms with Gasteiger partial charge in [-0.1, -0.05) is 0 Å². The Morgan fingerprint density at radius 2 is 2.09 bits per heavy atom. The highest BCUT2D eigenvalue weighted by Gasteiger charge is 2.28. The quantitative estimate of drug-likeness (QED) is 0.748. The van der Waals surface area contributed by atoms with Crippen LogP contribution in [0, 0.1) is 17.1 Å². The van der Waals surface area contributed by atoms with Gasteiger partial charge in [0.25, 0.3) is 0 Å². The number of ether oxygens (including phenoxy) is 2. The van der Waals surface area contributed by atoms with Crippen LogP contribution in [-0.2, 0) is 19.5 Å². The van der Waals surface area contributed by atoms with Crippen molar-refractivity contribution in [1.29, 1.82) is 5.26 Å². The summed E-state index contributed by atoms with van der Waals surface area (Å²) in [5, 5.41) is 8.35. The average Bonchev–Trinajstić information content (AvgIpc) is 2.53. The fourth-order valence-corrected chi connectivity index (χ4v) is 3.37. The summed E-state index contributed by atoms with van der Waals surface area (Å²) < 4.78 is 49.3. The van der Waals surface area contributed by atoms with Gasteiger partial charge < -0.3 is 9.47 Å². The van der Waals surface area contributed by atoms with Crippen LogP contribution in [0.15, 0.2) is 23.1 Å². The molecule has 0 bridgehead atoms. The summed E-state index contributed by atoms with van der Waals surface area (Å²) in [6.45, 7) is 0.384. The minimum atomic E-state index is -3.84. The van der Waals surface area contributed by atoms with Gasteiger partial charge >= 0.3 is 5.97 Å². The zero-order chi connectivity index (χ0) is 16.2. The smallest absolute Gasteiger partial charge is 0.342 e. The lowest BCUT2D eigenvalue weighted by Gasteiger charge is -2.26. The van der Waals surface area contributed by atoms with E-state index in [1.807, 2.05) is 0 Å². The molecule has 1 fully saturated rings. The van der Waals surface area contributed by atoms with E-state index >= 15 is 0 Å². The zero-order valence-corrected chi connectivity index (χ0v) is 12.3. The van der Waals surface area contributed by atoms with Gasteiger partial charge in [-0.05, 0) is 18.2 Å². The first-order chi connectivity index (χ1) is 10.5. The van der Waals surface area contributed by atoms with Crippen molar-refractivity contribution >= 4 is 16.0 Å². The number of nitriles is 1. The van der Waals surface area contributed by atoms with Crippen LogP contribution in [0.2, 0.25) is 0 Å². The summed E-state index contributed by atoms with van der Waals surface area (Å²) >= 11 is 0. The molecule has 1 aliphatic rings. The van der Waals surface area contributed by atoms with Gasteiger partial charge in [0.1, 0.15) is 11.9 Å². The van der Waals surface area contributed by atoms with Gasteiger partial charge in [-0.15, -0.1) is 0 Å². The Bertz CT molecular complexity index is 708. The normalized spacial score (nSPS) is 16.0. The lowest BCUT2D eigenvalue weighted by Crippen LogP contribution is -2.40. The SMILES string of the molecule is N#CCOC(=O)c1cc(S(=O)(=O)N2CCOCC2)ccc1F.